The lowest BCUT2D eigenvalue weighted by atomic mass is 9.64. The van der Waals surface area contributed by atoms with Gasteiger partial charge in [0.05, 0.1) is 5.92 Å². The molecule has 0 aromatic carbocycles. The van der Waals surface area contributed by atoms with Crippen LogP contribution >= 0.6 is 0 Å². The van der Waals surface area contributed by atoms with Crippen LogP contribution in [0.15, 0.2) is 4.52 Å². The Hall–Kier alpha value is -1.63. The molecule has 0 unspecified atom stereocenters. The Bertz CT molecular complexity index is 642. The molecule has 3 heterocycles. The average molecular weight is 318 g/mol. The SMILES string of the molecule is Cc1noc(N2CCC3(CC(N4C[C@@H]5[C@H](C4)[C@@H]5C(=O)O)C3)C2)n1. The predicted molar refractivity (Wildman–Crippen MR) is 81.0 cm³/mol. The first kappa shape index (κ1) is 13.8. The minimum absolute atomic E-state index is 0.0528. The summed E-state index contributed by atoms with van der Waals surface area (Å²) in [6, 6.07) is 1.32. The van der Waals surface area contributed by atoms with Crippen LogP contribution in [0.5, 0.6) is 0 Å². The lowest BCUT2D eigenvalue weighted by molar-refractivity contribution is -0.139. The Balaban J connectivity index is 1.16. The van der Waals surface area contributed by atoms with E-state index in [9.17, 15) is 4.79 Å². The summed E-state index contributed by atoms with van der Waals surface area (Å²) in [5.74, 6) is 0.891. The lowest BCUT2D eigenvalue weighted by Crippen LogP contribution is -2.52. The van der Waals surface area contributed by atoms with Crippen LogP contribution in [0.2, 0.25) is 0 Å². The van der Waals surface area contributed by atoms with Gasteiger partial charge in [-0.1, -0.05) is 5.16 Å². The Kier molecular flexibility index (Phi) is 2.67. The fourth-order valence-electron chi connectivity index (χ4n) is 5.27. The number of rotatable bonds is 3. The fraction of sp³-hybridized carbons (Fsp3) is 0.812. The molecule has 0 bridgehead atoms. The number of hydrogen-bond acceptors (Lipinski definition) is 6. The minimum atomic E-state index is -0.592. The highest BCUT2D eigenvalue weighted by atomic mass is 16.5. The Morgan fingerprint density at radius 2 is 2.09 bits per heavy atom. The van der Waals surface area contributed by atoms with E-state index in [2.05, 4.69) is 19.9 Å². The van der Waals surface area contributed by atoms with Gasteiger partial charge in [-0.25, -0.2) is 0 Å². The summed E-state index contributed by atoms with van der Waals surface area (Å²) in [5.41, 5.74) is 0.409. The molecular formula is C16H22N4O3. The van der Waals surface area contributed by atoms with Crippen molar-refractivity contribution < 1.29 is 14.4 Å². The van der Waals surface area contributed by atoms with Crippen LogP contribution in [0.3, 0.4) is 0 Å². The topological polar surface area (TPSA) is 82.7 Å². The van der Waals surface area contributed by atoms with Gasteiger partial charge < -0.3 is 14.5 Å². The number of carbonyl (C=O) groups is 1. The number of likely N-dealkylation sites (tertiary alicyclic amines) is 1. The van der Waals surface area contributed by atoms with Crippen LogP contribution in [-0.4, -0.2) is 58.3 Å². The normalized spacial score (nSPS) is 42.0. The zero-order valence-corrected chi connectivity index (χ0v) is 13.3. The van der Waals surface area contributed by atoms with Crippen LogP contribution < -0.4 is 4.90 Å². The highest BCUT2D eigenvalue weighted by molar-refractivity contribution is 5.74. The van der Waals surface area contributed by atoms with Crippen molar-refractivity contribution in [2.45, 2.75) is 32.2 Å². The molecule has 4 fully saturated rings. The monoisotopic (exact) mass is 318 g/mol. The van der Waals surface area contributed by atoms with E-state index in [1.807, 2.05) is 6.92 Å². The standard InChI is InChI=1S/C16H22N4O3/c1-9-17-15(23-18-9)19-3-2-16(8-19)4-10(5-16)20-6-11-12(7-20)13(11)14(21)22/h10-13H,2-8H2,1H3,(H,21,22)/t10?,11-,12+,13-,16?. The lowest BCUT2D eigenvalue weighted by Gasteiger charge is -2.49. The molecule has 3 atom stereocenters. The summed E-state index contributed by atoms with van der Waals surface area (Å²) < 4.78 is 5.29. The fourth-order valence-corrected chi connectivity index (χ4v) is 5.27. The average Bonchev–Trinajstić information content (AvgIpc) is 2.93. The van der Waals surface area contributed by atoms with E-state index in [1.54, 1.807) is 0 Å². The molecule has 1 spiro atoms. The van der Waals surface area contributed by atoms with Crippen molar-refractivity contribution in [1.29, 1.82) is 0 Å². The molecule has 2 saturated heterocycles. The van der Waals surface area contributed by atoms with Crippen molar-refractivity contribution in [3.05, 3.63) is 5.82 Å². The number of piperidine rings is 1. The van der Waals surface area contributed by atoms with Gasteiger partial charge in [-0.05, 0) is 43.4 Å². The van der Waals surface area contributed by atoms with Gasteiger partial charge in [0.2, 0.25) is 0 Å². The number of carboxylic acids is 1. The van der Waals surface area contributed by atoms with Crippen LogP contribution in [0.4, 0.5) is 6.01 Å². The number of nitrogens with zero attached hydrogens (tertiary/aromatic N) is 4. The summed E-state index contributed by atoms with van der Waals surface area (Å²) in [7, 11) is 0. The molecule has 2 saturated carbocycles. The van der Waals surface area contributed by atoms with Gasteiger partial charge in [0, 0.05) is 32.2 Å². The minimum Gasteiger partial charge on any atom is -0.481 e. The van der Waals surface area contributed by atoms with E-state index in [4.69, 9.17) is 9.63 Å². The van der Waals surface area contributed by atoms with Gasteiger partial charge in [-0.3, -0.25) is 9.69 Å². The molecule has 23 heavy (non-hydrogen) atoms. The zero-order chi connectivity index (χ0) is 15.8. The van der Waals surface area contributed by atoms with E-state index in [1.165, 1.54) is 19.3 Å². The highest BCUT2D eigenvalue weighted by Crippen LogP contribution is 2.57. The number of aliphatic carboxylic acids is 1. The quantitative estimate of drug-likeness (QED) is 0.890. The molecule has 1 aromatic heterocycles. The van der Waals surface area contributed by atoms with Crippen molar-refractivity contribution in [3.63, 3.8) is 0 Å². The highest BCUT2D eigenvalue weighted by Gasteiger charge is 2.62. The largest absolute Gasteiger partial charge is 0.481 e. The van der Waals surface area contributed by atoms with Gasteiger partial charge in [0.25, 0.3) is 0 Å². The summed E-state index contributed by atoms with van der Waals surface area (Å²) in [6.45, 7) is 5.86. The number of aromatic nitrogens is 2. The van der Waals surface area contributed by atoms with Crippen molar-refractivity contribution in [2.24, 2.45) is 23.2 Å². The zero-order valence-electron chi connectivity index (χ0n) is 13.3. The first-order valence-corrected chi connectivity index (χ1v) is 8.57. The van der Waals surface area contributed by atoms with Crippen LogP contribution in [0.25, 0.3) is 0 Å². The van der Waals surface area contributed by atoms with Gasteiger partial charge in [-0.15, -0.1) is 0 Å². The maximum absolute atomic E-state index is 11.1. The van der Waals surface area contributed by atoms with Gasteiger partial charge in [0.1, 0.15) is 0 Å². The smallest absolute Gasteiger partial charge is 0.324 e. The Morgan fingerprint density at radius 3 is 2.70 bits per heavy atom. The Labute approximate surface area is 134 Å². The van der Waals surface area contributed by atoms with E-state index in [0.717, 1.165) is 26.2 Å². The molecule has 2 aliphatic carbocycles. The third-order valence-corrected chi connectivity index (χ3v) is 6.59. The molecule has 124 valence electrons. The van der Waals surface area contributed by atoms with Crippen molar-refractivity contribution in [2.75, 3.05) is 31.1 Å². The summed E-state index contributed by atoms with van der Waals surface area (Å²) in [4.78, 5) is 20.2. The summed E-state index contributed by atoms with van der Waals surface area (Å²) in [5, 5.41) is 13.0. The van der Waals surface area contributed by atoms with Gasteiger partial charge in [-0.2, -0.15) is 4.98 Å². The van der Waals surface area contributed by atoms with Crippen LogP contribution in [-0.2, 0) is 4.79 Å². The maximum atomic E-state index is 11.1. The first-order chi connectivity index (χ1) is 11.0. The molecule has 4 aliphatic rings. The summed E-state index contributed by atoms with van der Waals surface area (Å²) >= 11 is 0. The number of hydrogen-bond donors (Lipinski definition) is 1. The first-order valence-electron chi connectivity index (χ1n) is 8.57. The van der Waals surface area contributed by atoms with Crippen LogP contribution in [0, 0.1) is 30.1 Å². The van der Waals surface area contributed by atoms with E-state index in [-0.39, 0.29) is 5.92 Å². The molecule has 7 heteroatoms. The van der Waals surface area contributed by atoms with E-state index in [0.29, 0.717) is 35.1 Å². The van der Waals surface area contributed by atoms with E-state index >= 15 is 0 Å². The van der Waals surface area contributed by atoms with E-state index < -0.39 is 5.97 Å². The molecule has 0 amide bonds. The van der Waals surface area contributed by atoms with Gasteiger partial charge >= 0.3 is 12.0 Å². The molecule has 1 aromatic rings. The number of fused-ring (bicyclic) bond motifs is 1. The molecular weight excluding hydrogens is 296 g/mol. The maximum Gasteiger partial charge on any atom is 0.324 e. The second kappa shape index (κ2) is 4.47. The summed E-state index contributed by atoms with van der Waals surface area (Å²) in [6.07, 6.45) is 3.66. The van der Waals surface area contributed by atoms with Crippen molar-refractivity contribution in [1.82, 2.24) is 15.0 Å². The molecule has 7 nitrogen and oxygen atoms in total. The van der Waals surface area contributed by atoms with Crippen molar-refractivity contribution in [3.8, 4) is 0 Å². The van der Waals surface area contributed by atoms with Crippen LogP contribution in [0.1, 0.15) is 25.1 Å². The van der Waals surface area contributed by atoms with Gasteiger partial charge in [0.15, 0.2) is 5.82 Å². The molecule has 1 N–H and O–H groups in total. The third kappa shape index (κ3) is 2.02. The second-order valence-corrected chi connectivity index (χ2v) is 8.00. The Morgan fingerprint density at radius 1 is 1.35 bits per heavy atom. The molecule has 2 aliphatic heterocycles. The molecule has 5 rings (SSSR count). The third-order valence-electron chi connectivity index (χ3n) is 6.59. The molecule has 0 radical (unpaired) electrons. The number of carboxylic acid groups (broad SMARTS) is 1. The van der Waals surface area contributed by atoms with Crippen molar-refractivity contribution >= 4 is 12.0 Å². The predicted octanol–water partition coefficient (Wildman–Crippen LogP) is 0.999. The second-order valence-electron chi connectivity index (χ2n) is 8.00. The number of aryl methyl sites for hydroxylation is 1. The number of anilines is 1.